The summed E-state index contributed by atoms with van der Waals surface area (Å²) in [5.41, 5.74) is -0.381. The van der Waals surface area contributed by atoms with Crippen molar-refractivity contribution < 1.29 is 4.79 Å². The van der Waals surface area contributed by atoms with E-state index in [-0.39, 0.29) is 18.1 Å². The van der Waals surface area contributed by atoms with E-state index in [0.717, 1.165) is 24.2 Å². The molecule has 1 saturated heterocycles. The Hall–Kier alpha value is -1.96. The Morgan fingerprint density at radius 1 is 1.32 bits per heavy atom. The van der Waals surface area contributed by atoms with Crippen molar-refractivity contribution in [3.8, 4) is 5.00 Å². The first-order valence-electron chi connectivity index (χ1n) is 7.39. The van der Waals surface area contributed by atoms with Gasteiger partial charge in [-0.2, -0.15) is 9.36 Å². The van der Waals surface area contributed by atoms with Gasteiger partial charge < -0.3 is 4.90 Å². The number of nitrogens with zero attached hydrogens (tertiary/aromatic N) is 5. The van der Waals surface area contributed by atoms with E-state index in [1.54, 1.807) is 6.07 Å². The number of aromatic nitrogens is 4. The van der Waals surface area contributed by atoms with E-state index in [1.807, 2.05) is 16.3 Å². The molecule has 0 aromatic carbocycles. The minimum atomic E-state index is -0.381. The molecule has 0 N–H and O–H groups in total. The maximum atomic E-state index is 12.4. The molecule has 0 radical (unpaired) electrons. The molecular formula is C14H19N5O2S. The Bertz CT molecular complexity index is 695. The lowest BCUT2D eigenvalue weighted by atomic mass is 9.92. The van der Waals surface area contributed by atoms with Gasteiger partial charge in [0.1, 0.15) is 11.5 Å². The molecule has 2 aromatic rings. The van der Waals surface area contributed by atoms with Crippen LogP contribution >= 0.6 is 11.3 Å². The van der Waals surface area contributed by atoms with E-state index in [4.69, 9.17) is 0 Å². The van der Waals surface area contributed by atoms with E-state index < -0.39 is 0 Å². The molecular weight excluding hydrogens is 302 g/mol. The lowest BCUT2D eigenvalue weighted by Gasteiger charge is -2.34. The Morgan fingerprint density at radius 2 is 2.05 bits per heavy atom. The zero-order valence-corrected chi connectivity index (χ0v) is 13.5. The Balaban J connectivity index is 1.74. The molecule has 8 heteroatoms. The van der Waals surface area contributed by atoms with Crippen LogP contribution in [0.15, 0.2) is 22.3 Å². The molecule has 1 aliphatic rings. The molecule has 2 unspecified atom stereocenters. The molecule has 3 rings (SSSR count). The number of rotatable bonds is 3. The van der Waals surface area contributed by atoms with Crippen molar-refractivity contribution in [2.45, 2.75) is 26.8 Å². The number of tetrazole rings is 1. The average Bonchev–Trinajstić information content (AvgIpc) is 3.08. The highest BCUT2D eigenvalue weighted by Crippen LogP contribution is 2.21. The first-order valence-corrected chi connectivity index (χ1v) is 8.27. The minimum Gasteiger partial charge on any atom is -0.341 e. The van der Waals surface area contributed by atoms with Gasteiger partial charge in [0, 0.05) is 13.1 Å². The fourth-order valence-corrected chi connectivity index (χ4v) is 3.66. The highest BCUT2D eigenvalue weighted by Gasteiger charge is 2.26. The second-order valence-electron chi connectivity index (χ2n) is 6.03. The second-order valence-corrected chi connectivity index (χ2v) is 6.95. The molecule has 3 heterocycles. The zero-order valence-electron chi connectivity index (χ0n) is 12.7. The molecule has 7 nitrogen and oxygen atoms in total. The standard InChI is InChI=1S/C14H19N5O2S/c1-10-6-11(2)8-17(7-10)12(20)9-18-14(21)19(16-15-18)13-4-3-5-22-13/h3-5,10-11H,6-9H2,1-2H3. The molecule has 0 saturated carbocycles. The van der Waals surface area contributed by atoms with Crippen LogP contribution in [0.4, 0.5) is 0 Å². The third-order valence-corrected chi connectivity index (χ3v) is 4.70. The first-order chi connectivity index (χ1) is 10.5. The molecule has 118 valence electrons. The summed E-state index contributed by atoms with van der Waals surface area (Å²) in [5, 5.41) is 10.2. The Morgan fingerprint density at radius 3 is 2.68 bits per heavy atom. The van der Waals surface area contributed by atoms with E-state index in [2.05, 4.69) is 24.3 Å². The van der Waals surface area contributed by atoms with Crippen LogP contribution in [0.2, 0.25) is 0 Å². The topological polar surface area (TPSA) is 73.0 Å². The maximum Gasteiger partial charge on any atom is 0.369 e. The average molecular weight is 321 g/mol. The monoisotopic (exact) mass is 321 g/mol. The van der Waals surface area contributed by atoms with Gasteiger partial charge >= 0.3 is 5.69 Å². The van der Waals surface area contributed by atoms with Gasteiger partial charge in [0.25, 0.3) is 0 Å². The van der Waals surface area contributed by atoms with Gasteiger partial charge in [-0.3, -0.25) is 4.79 Å². The SMILES string of the molecule is CC1CC(C)CN(C(=O)Cn2nnn(-c3cccs3)c2=O)C1. The Labute approximate surface area is 132 Å². The number of piperidine rings is 1. The molecule has 0 aliphatic carbocycles. The molecule has 1 amide bonds. The largest absolute Gasteiger partial charge is 0.369 e. The Kier molecular flexibility index (Phi) is 4.10. The van der Waals surface area contributed by atoms with Gasteiger partial charge in [0.05, 0.1) is 0 Å². The molecule has 2 aromatic heterocycles. The van der Waals surface area contributed by atoms with Crippen molar-refractivity contribution in [1.29, 1.82) is 0 Å². The minimum absolute atomic E-state index is 0.0519. The number of amides is 1. The summed E-state index contributed by atoms with van der Waals surface area (Å²) < 4.78 is 2.35. The summed E-state index contributed by atoms with van der Waals surface area (Å²) in [7, 11) is 0. The van der Waals surface area contributed by atoms with E-state index in [0.29, 0.717) is 16.8 Å². The highest BCUT2D eigenvalue weighted by molar-refractivity contribution is 7.12. The smallest absolute Gasteiger partial charge is 0.341 e. The summed E-state index contributed by atoms with van der Waals surface area (Å²) in [6.45, 7) is 5.74. The fraction of sp³-hybridized carbons (Fsp3) is 0.571. The van der Waals surface area contributed by atoms with Gasteiger partial charge in [-0.15, -0.1) is 11.3 Å². The van der Waals surface area contributed by atoms with Gasteiger partial charge in [-0.05, 0) is 46.2 Å². The van der Waals surface area contributed by atoms with Gasteiger partial charge in [-0.1, -0.05) is 13.8 Å². The zero-order chi connectivity index (χ0) is 15.7. The number of thiophene rings is 1. The molecule has 0 spiro atoms. The number of carbonyl (C=O) groups excluding carboxylic acids is 1. The number of likely N-dealkylation sites (tertiary alicyclic amines) is 1. The van der Waals surface area contributed by atoms with Crippen LogP contribution in [-0.2, 0) is 11.3 Å². The number of hydrogen-bond acceptors (Lipinski definition) is 5. The summed E-state index contributed by atoms with van der Waals surface area (Å²) in [6, 6.07) is 3.63. The van der Waals surface area contributed by atoms with Crippen LogP contribution in [0.3, 0.4) is 0 Å². The summed E-state index contributed by atoms with van der Waals surface area (Å²) in [4.78, 5) is 26.5. The third kappa shape index (κ3) is 2.96. The van der Waals surface area contributed by atoms with Gasteiger partial charge in [-0.25, -0.2) is 4.79 Å². The van der Waals surface area contributed by atoms with Crippen LogP contribution in [0.25, 0.3) is 5.00 Å². The molecule has 1 aliphatic heterocycles. The summed E-state index contributed by atoms with van der Waals surface area (Å²) in [6.07, 6.45) is 1.14. The van der Waals surface area contributed by atoms with Crippen molar-refractivity contribution in [2.24, 2.45) is 11.8 Å². The highest BCUT2D eigenvalue weighted by atomic mass is 32.1. The normalized spacial score (nSPS) is 22.0. The van der Waals surface area contributed by atoms with Crippen molar-refractivity contribution in [1.82, 2.24) is 24.7 Å². The van der Waals surface area contributed by atoms with E-state index >= 15 is 0 Å². The second kappa shape index (κ2) is 6.04. The first kappa shape index (κ1) is 15.0. The van der Waals surface area contributed by atoms with Gasteiger partial charge in [0.2, 0.25) is 5.91 Å². The van der Waals surface area contributed by atoms with Crippen LogP contribution < -0.4 is 5.69 Å². The van der Waals surface area contributed by atoms with E-state index in [1.165, 1.54) is 16.0 Å². The maximum absolute atomic E-state index is 12.4. The van der Waals surface area contributed by atoms with Crippen LogP contribution in [0, 0.1) is 11.8 Å². The lowest BCUT2D eigenvalue weighted by Crippen LogP contribution is -2.45. The van der Waals surface area contributed by atoms with E-state index in [9.17, 15) is 9.59 Å². The van der Waals surface area contributed by atoms with Crippen molar-refractivity contribution in [3.63, 3.8) is 0 Å². The van der Waals surface area contributed by atoms with Crippen molar-refractivity contribution in [3.05, 3.63) is 28.0 Å². The third-order valence-electron chi connectivity index (χ3n) is 3.86. The van der Waals surface area contributed by atoms with Crippen molar-refractivity contribution >= 4 is 17.2 Å². The fourth-order valence-electron chi connectivity index (χ4n) is 3.00. The molecule has 22 heavy (non-hydrogen) atoms. The molecule has 2 atom stereocenters. The van der Waals surface area contributed by atoms with Gasteiger partial charge in [0.15, 0.2) is 0 Å². The summed E-state index contributed by atoms with van der Waals surface area (Å²) in [5.74, 6) is 0.913. The molecule has 0 bridgehead atoms. The summed E-state index contributed by atoms with van der Waals surface area (Å²) >= 11 is 1.40. The van der Waals surface area contributed by atoms with Crippen LogP contribution in [0.5, 0.6) is 0 Å². The number of hydrogen-bond donors (Lipinski definition) is 0. The molecule has 1 fully saturated rings. The lowest BCUT2D eigenvalue weighted by molar-refractivity contribution is -0.134. The number of carbonyl (C=O) groups is 1. The van der Waals surface area contributed by atoms with Crippen LogP contribution in [-0.4, -0.2) is 43.7 Å². The van der Waals surface area contributed by atoms with Crippen LogP contribution in [0.1, 0.15) is 20.3 Å². The van der Waals surface area contributed by atoms with Crippen molar-refractivity contribution in [2.75, 3.05) is 13.1 Å². The predicted molar refractivity (Wildman–Crippen MR) is 83.0 cm³/mol. The predicted octanol–water partition coefficient (Wildman–Crippen LogP) is 0.995. The quantitative estimate of drug-likeness (QED) is 0.845.